The van der Waals surface area contributed by atoms with E-state index in [-0.39, 0.29) is 25.4 Å². The first-order valence-corrected chi connectivity index (χ1v) is 9.27. The molecular weight excluding hydrogens is 391 g/mol. The highest BCUT2D eigenvalue weighted by molar-refractivity contribution is 6.21. The number of rotatable bonds is 6. The van der Waals surface area contributed by atoms with Crippen LogP contribution in [0.5, 0.6) is 0 Å². The summed E-state index contributed by atoms with van der Waals surface area (Å²) in [6, 6.07) is 12.3. The van der Waals surface area contributed by atoms with Gasteiger partial charge in [0.1, 0.15) is 18.1 Å². The fraction of sp³-hybridized carbons (Fsp3) is 0.182. The minimum absolute atomic E-state index is 0.0657. The van der Waals surface area contributed by atoms with E-state index in [1.165, 1.54) is 12.1 Å². The Bertz CT molecular complexity index is 1100. The third kappa shape index (κ3) is 3.59. The van der Waals surface area contributed by atoms with Gasteiger partial charge >= 0.3 is 5.97 Å². The van der Waals surface area contributed by atoms with E-state index in [0.29, 0.717) is 33.7 Å². The van der Waals surface area contributed by atoms with Crippen molar-refractivity contribution >= 4 is 17.8 Å². The molecule has 1 aliphatic rings. The monoisotopic (exact) mass is 408 g/mol. The van der Waals surface area contributed by atoms with E-state index >= 15 is 0 Å². The third-order valence-corrected chi connectivity index (χ3v) is 4.91. The SMILES string of the molecule is Cc1c(COC(=O)CCN2C(=O)c3ccccc3C2=O)noc1-c1ccc(F)cc1. The Morgan fingerprint density at radius 3 is 2.33 bits per heavy atom. The average Bonchev–Trinajstić information content (AvgIpc) is 3.23. The van der Waals surface area contributed by atoms with E-state index in [2.05, 4.69) is 5.16 Å². The lowest BCUT2D eigenvalue weighted by molar-refractivity contribution is -0.145. The Labute approximate surface area is 171 Å². The number of halogens is 1. The molecule has 3 aromatic rings. The minimum Gasteiger partial charge on any atom is -0.459 e. The quantitative estimate of drug-likeness (QED) is 0.458. The molecule has 0 unspecified atom stereocenters. The molecule has 1 aromatic heterocycles. The van der Waals surface area contributed by atoms with Crippen LogP contribution in [0.4, 0.5) is 4.39 Å². The van der Waals surface area contributed by atoms with Gasteiger partial charge in [-0.25, -0.2) is 4.39 Å². The second-order valence-corrected chi connectivity index (χ2v) is 6.81. The average molecular weight is 408 g/mol. The largest absolute Gasteiger partial charge is 0.459 e. The first-order valence-electron chi connectivity index (χ1n) is 9.27. The fourth-order valence-corrected chi connectivity index (χ4v) is 3.24. The third-order valence-electron chi connectivity index (χ3n) is 4.91. The topological polar surface area (TPSA) is 89.7 Å². The van der Waals surface area contributed by atoms with Crippen LogP contribution >= 0.6 is 0 Å². The summed E-state index contributed by atoms with van der Waals surface area (Å²) in [7, 11) is 0. The second kappa shape index (κ2) is 7.90. The summed E-state index contributed by atoms with van der Waals surface area (Å²) < 4.78 is 23.6. The van der Waals surface area contributed by atoms with Gasteiger partial charge in [-0.3, -0.25) is 19.3 Å². The van der Waals surface area contributed by atoms with Gasteiger partial charge < -0.3 is 9.26 Å². The van der Waals surface area contributed by atoms with Crippen LogP contribution in [0.1, 0.15) is 38.4 Å². The van der Waals surface area contributed by atoms with E-state index < -0.39 is 17.8 Å². The number of amides is 2. The number of ether oxygens (including phenoxy) is 1. The van der Waals surface area contributed by atoms with Crippen molar-refractivity contribution in [2.75, 3.05) is 6.54 Å². The number of imide groups is 1. The molecule has 0 spiro atoms. The van der Waals surface area contributed by atoms with Gasteiger partial charge in [-0.05, 0) is 43.3 Å². The minimum atomic E-state index is -0.572. The number of benzene rings is 2. The van der Waals surface area contributed by atoms with Crippen LogP contribution < -0.4 is 0 Å². The first kappa shape index (κ1) is 19.5. The summed E-state index contributed by atoms with van der Waals surface area (Å²) >= 11 is 0. The van der Waals surface area contributed by atoms with Gasteiger partial charge in [0.05, 0.1) is 17.5 Å². The number of hydrogen-bond donors (Lipinski definition) is 0. The van der Waals surface area contributed by atoms with Gasteiger partial charge in [-0.2, -0.15) is 0 Å². The molecule has 0 N–H and O–H groups in total. The highest BCUT2D eigenvalue weighted by atomic mass is 19.1. The molecule has 1 aliphatic heterocycles. The van der Waals surface area contributed by atoms with Gasteiger partial charge in [0.15, 0.2) is 5.76 Å². The summed E-state index contributed by atoms with van der Waals surface area (Å²) in [4.78, 5) is 37.8. The molecule has 0 aliphatic carbocycles. The van der Waals surface area contributed by atoms with Crippen LogP contribution in [-0.4, -0.2) is 34.4 Å². The Kier molecular flexibility index (Phi) is 5.14. The van der Waals surface area contributed by atoms with Crippen molar-refractivity contribution in [2.45, 2.75) is 20.0 Å². The molecule has 8 heteroatoms. The summed E-state index contributed by atoms with van der Waals surface area (Å²) in [5.74, 6) is -1.30. The highest BCUT2D eigenvalue weighted by Crippen LogP contribution is 2.26. The predicted molar refractivity (Wildman–Crippen MR) is 103 cm³/mol. The first-order chi connectivity index (χ1) is 14.5. The summed E-state index contributed by atoms with van der Waals surface area (Å²) in [5.41, 5.74) is 2.44. The number of fused-ring (bicyclic) bond motifs is 1. The van der Waals surface area contributed by atoms with Crippen LogP contribution in [0.3, 0.4) is 0 Å². The molecule has 0 fully saturated rings. The van der Waals surface area contributed by atoms with Crippen LogP contribution in [0.25, 0.3) is 11.3 Å². The van der Waals surface area contributed by atoms with Crippen molar-refractivity contribution < 1.29 is 28.0 Å². The van der Waals surface area contributed by atoms with Crippen molar-refractivity contribution in [2.24, 2.45) is 0 Å². The summed E-state index contributed by atoms with van der Waals surface area (Å²) in [5, 5.41) is 3.91. The molecule has 4 rings (SSSR count). The van der Waals surface area contributed by atoms with E-state index in [1.54, 1.807) is 43.3 Å². The Balaban J connectivity index is 1.33. The maximum atomic E-state index is 13.1. The maximum Gasteiger partial charge on any atom is 0.307 e. The molecule has 152 valence electrons. The molecule has 0 saturated carbocycles. The van der Waals surface area contributed by atoms with Crippen molar-refractivity contribution in [1.29, 1.82) is 0 Å². The van der Waals surface area contributed by atoms with Crippen LogP contribution in [-0.2, 0) is 16.1 Å². The second-order valence-electron chi connectivity index (χ2n) is 6.81. The van der Waals surface area contributed by atoms with Crippen molar-refractivity contribution in [3.63, 3.8) is 0 Å². The lowest BCUT2D eigenvalue weighted by Gasteiger charge is -2.13. The lowest BCUT2D eigenvalue weighted by atomic mass is 10.1. The molecule has 7 nitrogen and oxygen atoms in total. The number of nitrogens with zero attached hydrogens (tertiary/aromatic N) is 2. The van der Waals surface area contributed by atoms with Gasteiger partial charge in [0, 0.05) is 17.7 Å². The summed E-state index contributed by atoms with van der Waals surface area (Å²) in [6.07, 6.45) is -0.132. The maximum absolute atomic E-state index is 13.1. The fourth-order valence-electron chi connectivity index (χ4n) is 3.24. The molecule has 30 heavy (non-hydrogen) atoms. The predicted octanol–water partition coefficient (Wildman–Crippen LogP) is 3.52. The molecule has 2 heterocycles. The van der Waals surface area contributed by atoms with Gasteiger partial charge in [0.2, 0.25) is 0 Å². The van der Waals surface area contributed by atoms with Crippen molar-refractivity contribution in [1.82, 2.24) is 10.1 Å². The number of carbonyl (C=O) groups is 3. The van der Waals surface area contributed by atoms with Gasteiger partial charge in [-0.1, -0.05) is 17.3 Å². The number of aromatic nitrogens is 1. The number of carbonyl (C=O) groups excluding carboxylic acids is 3. The van der Waals surface area contributed by atoms with Crippen molar-refractivity contribution in [3.05, 3.63) is 76.7 Å². The summed E-state index contributed by atoms with van der Waals surface area (Å²) in [6.45, 7) is 1.58. The number of hydrogen-bond acceptors (Lipinski definition) is 6. The van der Waals surface area contributed by atoms with Crippen molar-refractivity contribution in [3.8, 4) is 11.3 Å². The highest BCUT2D eigenvalue weighted by Gasteiger charge is 2.35. The molecular formula is C22H17FN2O5. The molecule has 0 saturated heterocycles. The Morgan fingerprint density at radius 1 is 1.07 bits per heavy atom. The zero-order valence-electron chi connectivity index (χ0n) is 16.1. The van der Waals surface area contributed by atoms with Crippen LogP contribution in [0.15, 0.2) is 53.1 Å². The molecule has 0 radical (unpaired) electrons. The Morgan fingerprint density at radius 2 is 1.70 bits per heavy atom. The Hall–Kier alpha value is -3.81. The van der Waals surface area contributed by atoms with Crippen LogP contribution in [0.2, 0.25) is 0 Å². The van der Waals surface area contributed by atoms with Crippen LogP contribution in [0, 0.1) is 12.7 Å². The lowest BCUT2D eigenvalue weighted by Crippen LogP contribution is -2.32. The zero-order valence-corrected chi connectivity index (χ0v) is 16.1. The number of esters is 1. The molecule has 2 aromatic carbocycles. The van der Waals surface area contributed by atoms with Gasteiger partial charge in [0.25, 0.3) is 11.8 Å². The van der Waals surface area contributed by atoms with E-state index in [4.69, 9.17) is 9.26 Å². The molecule has 2 amide bonds. The standard InChI is InChI=1S/C22H17FN2O5/c1-13-18(24-30-20(13)14-6-8-15(23)9-7-14)12-29-19(26)10-11-25-21(27)16-4-2-3-5-17(16)22(25)28/h2-9H,10-12H2,1H3. The molecule has 0 atom stereocenters. The van der Waals surface area contributed by atoms with E-state index in [9.17, 15) is 18.8 Å². The molecule has 0 bridgehead atoms. The normalized spacial score (nSPS) is 12.9. The van der Waals surface area contributed by atoms with Gasteiger partial charge in [-0.15, -0.1) is 0 Å². The van der Waals surface area contributed by atoms with E-state index in [0.717, 1.165) is 4.90 Å². The zero-order chi connectivity index (χ0) is 21.3. The smallest absolute Gasteiger partial charge is 0.307 e. The van der Waals surface area contributed by atoms with E-state index in [1.807, 2.05) is 0 Å².